The van der Waals surface area contributed by atoms with Gasteiger partial charge in [0, 0.05) is 32.9 Å². The van der Waals surface area contributed by atoms with Crippen molar-refractivity contribution in [3.63, 3.8) is 0 Å². The fourth-order valence-electron chi connectivity index (χ4n) is 8.97. The van der Waals surface area contributed by atoms with Crippen LogP contribution in [0.2, 0.25) is 0 Å². The molecule has 1 aliphatic carbocycles. The van der Waals surface area contributed by atoms with E-state index in [0.717, 1.165) is 0 Å². The Morgan fingerprint density at radius 3 is 1.76 bits per heavy atom. The maximum absolute atomic E-state index is 2.48. The number of rotatable bonds is 3. The molecule has 0 atom stereocenters. The van der Waals surface area contributed by atoms with Crippen LogP contribution in [0.3, 0.4) is 0 Å². The van der Waals surface area contributed by atoms with Gasteiger partial charge >= 0.3 is 0 Å². The van der Waals surface area contributed by atoms with Crippen molar-refractivity contribution in [2.24, 2.45) is 0 Å². The van der Waals surface area contributed by atoms with Crippen LogP contribution < -0.4 is 0 Å². The van der Waals surface area contributed by atoms with Gasteiger partial charge in [0.1, 0.15) is 0 Å². The predicted octanol–water partition coefficient (Wildman–Crippen LogP) is 13.0. The molecule has 0 fully saturated rings. The van der Waals surface area contributed by atoms with Crippen LogP contribution in [0.5, 0.6) is 0 Å². The number of benzene rings is 7. The lowest BCUT2D eigenvalue weighted by Gasteiger charge is -2.42. The van der Waals surface area contributed by atoms with Crippen molar-refractivity contribution in [1.82, 2.24) is 9.13 Å². The predicted molar refractivity (Wildman–Crippen MR) is 213 cm³/mol. The molecule has 2 aromatic heterocycles. The zero-order chi connectivity index (χ0) is 33.8. The number of hydrogen-bond acceptors (Lipinski definition) is 0. The molecule has 0 bridgehead atoms. The van der Waals surface area contributed by atoms with Crippen molar-refractivity contribution >= 4 is 54.4 Å². The highest BCUT2D eigenvalue weighted by Gasteiger charge is 2.37. The quantitative estimate of drug-likeness (QED) is 0.181. The maximum Gasteiger partial charge on any atom is 0.0547 e. The Morgan fingerprint density at radius 1 is 0.400 bits per heavy atom. The zero-order valence-corrected chi connectivity index (χ0v) is 29.2. The number of para-hydroxylation sites is 2. The van der Waals surface area contributed by atoms with Crippen molar-refractivity contribution in [2.45, 2.75) is 51.4 Å². The van der Waals surface area contributed by atoms with E-state index in [4.69, 9.17) is 0 Å². The normalized spacial score (nSPS) is 15.4. The first-order valence-electron chi connectivity index (χ1n) is 18.0. The van der Waals surface area contributed by atoms with Gasteiger partial charge in [-0.2, -0.15) is 0 Å². The third kappa shape index (κ3) is 4.21. The summed E-state index contributed by atoms with van der Waals surface area (Å²) in [5.41, 5.74) is 13.2. The molecule has 0 radical (unpaired) electrons. The first kappa shape index (κ1) is 29.3. The van der Waals surface area contributed by atoms with Crippen LogP contribution in [0.25, 0.3) is 76.9 Å². The summed E-state index contributed by atoms with van der Waals surface area (Å²) in [5.74, 6) is 0. The first-order chi connectivity index (χ1) is 24.3. The maximum atomic E-state index is 2.48. The second-order valence-corrected chi connectivity index (χ2v) is 15.7. The molecule has 242 valence electrons. The summed E-state index contributed by atoms with van der Waals surface area (Å²) in [7, 11) is 0. The van der Waals surface area contributed by atoms with Gasteiger partial charge in [0.05, 0.1) is 22.1 Å². The highest BCUT2D eigenvalue weighted by Crippen LogP contribution is 2.47. The van der Waals surface area contributed by atoms with E-state index in [1.165, 1.54) is 101 Å². The van der Waals surface area contributed by atoms with Crippen molar-refractivity contribution in [2.75, 3.05) is 0 Å². The van der Waals surface area contributed by atoms with Gasteiger partial charge in [0.2, 0.25) is 0 Å². The highest BCUT2D eigenvalue weighted by atomic mass is 15.0. The van der Waals surface area contributed by atoms with Crippen LogP contribution in [0.1, 0.15) is 51.7 Å². The molecule has 2 nitrogen and oxygen atoms in total. The minimum atomic E-state index is 0.153. The van der Waals surface area contributed by atoms with Gasteiger partial charge in [0.25, 0.3) is 0 Å². The highest BCUT2D eigenvalue weighted by molar-refractivity contribution is 6.22. The number of fused-ring (bicyclic) bond motifs is 9. The lowest BCUT2D eigenvalue weighted by Crippen LogP contribution is -2.33. The first-order valence-corrected chi connectivity index (χ1v) is 18.0. The molecule has 0 unspecified atom stereocenters. The summed E-state index contributed by atoms with van der Waals surface area (Å²) < 4.78 is 4.90. The summed E-state index contributed by atoms with van der Waals surface area (Å²) >= 11 is 0. The Hall–Kier alpha value is -5.60. The van der Waals surface area contributed by atoms with Gasteiger partial charge in [-0.25, -0.2) is 0 Å². The fourth-order valence-corrected chi connectivity index (χ4v) is 8.97. The lowest BCUT2D eigenvalue weighted by molar-refractivity contribution is 0.332. The third-order valence-corrected chi connectivity index (χ3v) is 11.8. The topological polar surface area (TPSA) is 9.86 Å². The third-order valence-electron chi connectivity index (χ3n) is 11.8. The summed E-state index contributed by atoms with van der Waals surface area (Å²) in [6.07, 6.45) is 2.43. The Morgan fingerprint density at radius 2 is 0.980 bits per heavy atom. The average Bonchev–Trinajstić information content (AvgIpc) is 3.66. The largest absolute Gasteiger partial charge is 0.309 e. The summed E-state index contributed by atoms with van der Waals surface area (Å²) in [4.78, 5) is 0. The summed E-state index contributed by atoms with van der Waals surface area (Å²) in [5, 5.41) is 7.71. The Labute approximate surface area is 293 Å². The molecule has 0 amide bonds. The van der Waals surface area contributed by atoms with Gasteiger partial charge in [-0.1, -0.05) is 113 Å². The molecule has 7 aromatic carbocycles. The van der Waals surface area contributed by atoms with Crippen LogP contribution in [0, 0.1) is 0 Å². The van der Waals surface area contributed by atoms with E-state index in [0.29, 0.717) is 0 Å². The molecule has 0 saturated carbocycles. The standard InChI is InChI=1S/C48H40N2/c1-47(2)26-27-48(3,4)41-30-35(21-22-40(41)47)50-42-17-11-10-16-37(42)38-28-32(19-23-43(38)50)33-20-24-44-39(29-33)46-36-15-9-8-12-31(36)18-25-45(46)49(44)34-13-6-5-7-14-34/h5-25,28-30H,26-27H2,1-4H3. The van der Waals surface area contributed by atoms with Crippen LogP contribution in [-0.4, -0.2) is 9.13 Å². The Kier molecular flexibility index (Phi) is 6.13. The van der Waals surface area contributed by atoms with E-state index in [2.05, 4.69) is 182 Å². The smallest absolute Gasteiger partial charge is 0.0547 e. The molecular weight excluding hydrogens is 605 g/mol. The molecule has 2 heteroatoms. The van der Waals surface area contributed by atoms with Crippen LogP contribution in [0.15, 0.2) is 146 Å². The molecule has 0 spiro atoms. The van der Waals surface area contributed by atoms with Gasteiger partial charge in [-0.15, -0.1) is 0 Å². The van der Waals surface area contributed by atoms with Crippen LogP contribution >= 0.6 is 0 Å². The molecule has 10 rings (SSSR count). The Balaban J connectivity index is 1.19. The average molecular weight is 645 g/mol. The van der Waals surface area contributed by atoms with Gasteiger partial charge in [-0.3, -0.25) is 0 Å². The van der Waals surface area contributed by atoms with Gasteiger partial charge < -0.3 is 9.13 Å². The monoisotopic (exact) mass is 644 g/mol. The lowest BCUT2D eigenvalue weighted by atomic mass is 9.63. The van der Waals surface area contributed by atoms with E-state index >= 15 is 0 Å². The Bertz CT molecular complexity index is 2810. The molecule has 0 N–H and O–H groups in total. The molecule has 2 heterocycles. The molecule has 9 aromatic rings. The SMILES string of the molecule is CC1(C)CCC(C)(C)c2cc(-n3c4ccccc4c4cc(-c5ccc6c(c5)c5c7ccccc7ccc5n6-c5ccccc5)ccc43)ccc21. The molecule has 50 heavy (non-hydrogen) atoms. The summed E-state index contributed by atoms with van der Waals surface area (Å²) in [6.45, 7) is 9.64. The van der Waals surface area contributed by atoms with Crippen LogP contribution in [-0.2, 0) is 10.8 Å². The zero-order valence-electron chi connectivity index (χ0n) is 29.2. The minimum absolute atomic E-state index is 0.153. The van der Waals surface area contributed by atoms with Crippen molar-refractivity contribution < 1.29 is 0 Å². The van der Waals surface area contributed by atoms with Crippen molar-refractivity contribution in [1.29, 1.82) is 0 Å². The van der Waals surface area contributed by atoms with Crippen molar-refractivity contribution in [3.05, 3.63) is 157 Å². The number of hydrogen-bond donors (Lipinski definition) is 0. The second kappa shape index (κ2) is 10.5. The number of aromatic nitrogens is 2. The molecule has 0 saturated heterocycles. The minimum Gasteiger partial charge on any atom is -0.309 e. The fraction of sp³-hybridized carbons (Fsp3) is 0.167. The van der Waals surface area contributed by atoms with Gasteiger partial charge in [-0.05, 0) is 117 Å². The number of nitrogens with zero attached hydrogens (tertiary/aromatic N) is 2. The van der Waals surface area contributed by atoms with E-state index in [9.17, 15) is 0 Å². The van der Waals surface area contributed by atoms with Crippen LogP contribution in [0.4, 0.5) is 0 Å². The van der Waals surface area contributed by atoms with E-state index in [-0.39, 0.29) is 10.8 Å². The van der Waals surface area contributed by atoms with E-state index in [1.807, 2.05) is 0 Å². The van der Waals surface area contributed by atoms with E-state index < -0.39 is 0 Å². The molecular formula is C48H40N2. The second-order valence-electron chi connectivity index (χ2n) is 15.7. The van der Waals surface area contributed by atoms with E-state index in [1.54, 1.807) is 0 Å². The van der Waals surface area contributed by atoms with Gasteiger partial charge in [0.15, 0.2) is 0 Å². The van der Waals surface area contributed by atoms with Crippen molar-refractivity contribution in [3.8, 4) is 22.5 Å². The summed E-state index contributed by atoms with van der Waals surface area (Å²) in [6, 6.07) is 54.3. The molecule has 1 aliphatic rings. The molecule has 0 aliphatic heterocycles.